The van der Waals surface area contributed by atoms with Crippen LogP contribution in [0, 0.1) is 11.7 Å². The van der Waals surface area contributed by atoms with Gasteiger partial charge in [-0.3, -0.25) is 4.79 Å². The summed E-state index contributed by atoms with van der Waals surface area (Å²) in [5.74, 6) is -0.933. The van der Waals surface area contributed by atoms with Gasteiger partial charge in [0, 0.05) is 31.6 Å². The molecule has 2 N–H and O–H groups in total. The highest BCUT2D eigenvalue weighted by atomic mass is 35.5. The first-order valence-corrected chi connectivity index (χ1v) is 10.2. The van der Waals surface area contributed by atoms with Crippen LogP contribution in [0.3, 0.4) is 0 Å². The van der Waals surface area contributed by atoms with Crippen LogP contribution in [0.1, 0.15) is 25.7 Å². The molecular formula is C17H25ClFN3O3S. The van der Waals surface area contributed by atoms with Crippen LogP contribution >= 0.6 is 12.4 Å². The van der Waals surface area contributed by atoms with Crippen molar-refractivity contribution in [3.63, 3.8) is 0 Å². The number of benzene rings is 1. The Morgan fingerprint density at radius 1 is 1.19 bits per heavy atom. The molecule has 9 heteroatoms. The summed E-state index contributed by atoms with van der Waals surface area (Å²) in [4.78, 5) is 12.1. The standard InChI is InChI=1S/C17H24FN3O3S.ClH/c18-15-5-1-2-6-16(15)25(23,24)21-10-7-13(8-11-21)17(22)20-14-4-3-9-19-12-14;/h1-2,5-6,13-14,19H,3-4,7-12H2,(H,20,22);1H/t14-;/m0./s1. The van der Waals surface area contributed by atoms with E-state index in [1.807, 2.05) is 0 Å². The number of carbonyl (C=O) groups is 1. The highest BCUT2D eigenvalue weighted by Crippen LogP contribution is 2.25. The summed E-state index contributed by atoms with van der Waals surface area (Å²) in [6.45, 7) is 2.24. The lowest BCUT2D eigenvalue weighted by Gasteiger charge is -2.32. The number of hydrogen-bond acceptors (Lipinski definition) is 4. The van der Waals surface area contributed by atoms with Gasteiger partial charge in [-0.1, -0.05) is 12.1 Å². The number of rotatable bonds is 4. The zero-order valence-electron chi connectivity index (χ0n) is 14.5. The van der Waals surface area contributed by atoms with Crippen molar-refractivity contribution in [3.8, 4) is 0 Å². The van der Waals surface area contributed by atoms with Crippen LogP contribution in [0.2, 0.25) is 0 Å². The maximum atomic E-state index is 13.8. The average molecular weight is 406 g/mol. The summed E-state index contributed by atoms with van der Waals surface area (Å²) >= 11 is 0. The SMILES string of the molecule is Cl.O=C(N[C@H]1CCCNC1)C1CCN(S(=O)(=O)c2ccccc2F)CC1. The van der Waals surface area contributed by atoms with Gasteiger partial charge in [-0.15, -0.1) is 12.4 Å². The van der Waals surface area contributed by atoms with Gasteiger partial charge in [-0.05, 0) is 44.4 Å². The van der Waals surface area contributed by atoms with E-state index in [1.54, 1.807) is 0 Å². The zero-order valence-corrected chi connectivity index (χ0v) is 16.1. The van der Waals surface area contributed by atoms with Crippen LogP contribution in [-0.2, 0) is 14.8 Å². The number of sulfonamides is 1. The second-order valence-corrected chi connectivity index (χ2v) is 8.57. The molecule has 2 fully saturated rings. The Morgan fingerprint density at radius 3 is 2.50 bits per heavy atom. The summed E-state index contributed by atoms with van der Waals surface area (Å²) < 4.78 is 40.3. The van der Waals surface area contributed by atoms with E-state index < -0.39 is 15.8 Å². The van der Waals surface area contributed by atoms with Crippen molar-refractivity contribution in [1.29, 1.82) is 0 Å². The van der Waals surface area contributed by atoms with Crippen LogP contribution in [0.15, 0.2) is 29.2 Å². The Kier molecular flexibility index (Phi) is 7.40. The smallest absolute Gasteiger partial charge is 0.245 e. The first-order chi connectivity index (χ1) is 12.0. The van der Waals surface area contributed by atoms with Crippen LogP contribution in [0.4, 0.5) is 4.39 Å². The maximum absolute atomic E-state index is 13.8. The van der Waals surface area contributed by atoms with Gasteiger partial charge in [0.15, 0.2) is 0 Å². The van der Waals surface area contributed by atoms with Crippen LogP contribution in [0.25, 0.3) is 0 Å². The highest BCUT2D eigenvalue weighted by molar-refractivity contribution is 7.89. The number of nitrogens with zero attached hydrogens (tertiary/aromatic N) is 1. The summed E-state index contributed by atoms with van der Waals surface area (Å²) in [5, 5.41) is 6.31. The fourth-order valence-corrected chi connectivity index (χ4v) is 4.98. The minimum atomic E-state index is -3.85. The van der Waals surface area contributed by atoms with E-state index >= 15 is 0 Å². The molecule has 1 aromatic rings. The minimum Gasteiger partial charge on any atom is -0.352 e. The molecule has 3 rings (SSSR count). The molecule has 0 spiro atoms. The fourth-order valence-electron chi connectivity index (χ4n) is 3.45. The molecule has 26 heavy (non-hydrogen) atoms. The average Bonchev–Trinajstić information content (AvgIpc) is 2.63. The first-order valence-electron chi connectivity index (χ1n) is 8.74. The quantitative estimate of drug-likeness (QED) is 0.796. The van der Waals surface area contributed by atoms with E-state index in [1.165, 1.54) is 22.5 Å². The van der Waals surface area contributed by atoms with Crippen LogP contribution in [-0.4, -0.2) is 50.9 Å². The first kappa shape index (κ1) is 21.1. The maximum Gasteiger partial charge on any atom is 0.245 e. The van der Waals surface area contributed by atoms with E-state index in [-0.39, 0.29) is 48.3 Å². The molecule has 0 saturated carbocycles. The monoisotopic (exact) mass is 405 g/mol. The van der Waals surface area contributed by atoms with Crippen molar-refractivity contribution >= 4 is 28.3 Å². The lowest BCUT2D eigenvalue weighted by atomic mass is 9.96. The number of amides is 1. The van der Waals surface area contributed by atoms with Gasteiger partial charge in [0.1, 0.15) is 10.7 Å². The van der Waals surface area contributed by atoms with Crippen LogP contribution < -0.4 is 10.6 Å². The third-order valence-corrected chi connectivity index (χ3v) is 6.85. The molecule has 0 aromatic heterocycles. The minimum absolute atomic E-state index is 0. The zero-order chi connectivity index (χ0) is 17.9. The molecule has 1 atom stereocenters. The molecular weight excluding hydrogens is 381 g/mol. The van der Waals surface area contributed by atoms with E-state index in [9.17, 15) is 17.6 Å². The molecule has 6 nitrogen and oxygen atoms in total. The molecule has 0 bridgehead atoms. The predicted molar refractivity (Wildman–Crippen MR) is 99.2 cm³/mol. The van der Waals surface area contributed by atoms with Gasteiger partial charge in [0.25, 0.3) is 0 Å². The Bertz CT molecular complexity index is 718. The summed E-state index contributed by atoms with van der Waals surface area (Å²) in [6.07, 6.45) is 2.93. The molecule has 1 aromatic carbocycles. The Balaban J connectivity index is 0.00000243. The second-order valence-electron chi connectivity index (χ2n) is 6.66. The van der Waals surface area contributed by atoms with Gasteiger partial charge in [0.05, 0.1) is 0 Å². The molecule has 2 saturated heterocycles. The Hall–Kier alpha value is -1.22. The molecule has 0 radical (unpaired) electrons. The summed E-state index contributed by atoms with van der Waals surface area (Å²) in [7, 11) is -3.85. The lowest BCUT2D eigenvalue weighted by molar-refractivity contribution is -0.126. The van der Waals surface area contributed by atoms with E-state index in [0.29, 0.717) is 12.8 Å². The summed E-state index contributed by atoms with van der Waals surface area (Å²) in [5.41, 5.74) is 0. The summed E-state index contributed by atoms with van der Waals surface area (Å²) in [6, 6.07) is 5.55. The van der Waals surface area contributed by atoms with Crippen LogP contribution in [0.5, 0.6) is 0 Å². The molecule has 146 valence electrons. The predicted octanol–water partition coefficient (Wildman–Crippen LogP) is 1.52. The fraction of sp³-hybridized carbons (Fsp3) is 0.588. The van der Waals surface area contributed by atoms with Crippen molar-refractivity contribution in [2.75, 3.05) is 26.2 Å². The normalized spacial score (nSPS) is 22.4. The number of piperidine rings is 2. The van der Waals surface area contributed by atoms with Crippen molar-refractivity contribution in [2.24, 2.45) is 5.92 Å². The third-order valence-electron chi connectivity index (χ3n) is 4.92. The largest absolute Gasteiger partial charge is 0.352 e. The van der Waals surface area contributed by atoms with Gasteiger partial charge in [0.2, 0.25) is 15.9 Å². The number of carbonyl (C=O) groups excluding carboxylic acids is 1. The molecule has 2 aliphatic heterocycles. The third kappa shape index (κ3) is 4.73. The van der Waals surface area contributed by atoms with E-state index in [4.69, 9.17) is 0 Å². The lowest BCUT2D eigenvalue weighted by Crippen LogP contribution is -2.49. The molecule has 1 amide bonds. The van der Waals surface area contributed by atoms with Crippen molar-refractivity contribution < 1.29 is 17.6 Å². The van der Waals surface area contributed by atoms with Crippen molar-refractivity contribution in [3.05, 3.63) is 30.1 Å². The highest BCUT2D eigenvalue weighted by Gasteiger charge is 2.33. The van der Waals surface area contributed by atoms with E-state index in [0.717, 1.165) is 32.0 Å². The number of halogens is 2. The molecule has 2 aliphatic rings. The molecule has 0 unspecified atom stereocenters. The van der Waals surface area contributed by atoms with Gasteiger partial charge >= 0.3 is 0 Å². The van der Waals surface area contributed by atoms with E-state index in [2.05, 4.69) is 10.6 Å². The Morgan fingerprint density at radius 2 is 1.88 bits per heavy atom. The number of nitrogens with one attached hydrogen (secondary N) is 2. The molecule has 2 heterocycles. The van der Waals surface area contributed by atoms with Gasteiger partial charge in [-0.25, -0.2) is 12.8 Å². The van der Waals surface area contributed by atoms with Crippen molar-refractivity contribution in [2.45, 2.75) is 36.6 Å². The topological polar surface area (TPSA) is 78.5 Å². The second kappa shape index (κ2) is 9.12. The van der Waals surface area contributed by atoms with Crippen molar-refractivity contribution in [1.82, 2.24) is 14.9 Å². The van der Waals surface area contributed by atoms with Gasteiger partial charge < -0.3 is 10.6 Å². The van der Waals surface area contributed by atoms with Gasteiger partial charge in [-0.2, -0.15) is 4.31 Å². The number of hydrogen-bond donors (Lipinski definition) is 2. The Labute approximate surface area is 160 Å². The molecule has 0 aliphatic carbocycles.